The van der Waals surface area contributed by atoms with Crippen LogP contribution < -0.4 is 5.32 Å². The summed E-state index contributed by atoms with van der Waals surface area (Å²) in [6.07, 6.45) is 2.75. The van der Waals surface area contributed by atoms with Crippen LogP contribution in [-0.2, 0) is 16.1 Å². The third-order valence-electron chi connectivity index (χ3n) is 4.27. The molecule has 1 N–H and O–H groups in total. The molecule has 2 unspecified atom stereocenters. The smallest absolute Gasteiger partial charge is 0.246 e. The number of rotatable bonds is 4. The van der Waals surface area contributed by atoms with Crippen molar-refractivity contribution in [2.24, 2.45) is 5.92 Å². The van der Waals surface area contributed by atoms with Crippen molar-refractivity contribution in [2.75, 3.05) is 0 Å². The number of carbonyl (C=O) groups excluding carboxylic acids is 2. The van der Waals surface area contributed by atoms with Crippen LogP contribution in [0.3, 0.4) is 0 Å². The lowest BCUT2D eigenvalue weighted by Crippen LogP contribution is -2.63. The molecule has 0 radical (unpaired) electrons. The van der Waals surface area contributed by atoms with Gasteiger partial charge in [-0.3, -0.25) is 9.59 Å². The first-order valence-corrected chi connectivity index (χ1v) is 8.53. The second kappa shape index (κ2) is 5.94. The molecule has 5 heteroatoms. The molecule has 2 fully saturated rings. The molecule has 0 spiro atoms. The van der Waals surface area contributed by atoms with Gasteiger partial charge in [0.2, 0.25) is 11.8 Å². The van der Waals surface area contributed by atoms with Crippen molar-refractivity contribution in [3.63, 3.8) is 0 Å². The van der Waals surface area contributed by atoms with Gasteiger partial charge in [0.05, 0.1) is 0 Å². The van der Waals surface area contributed by atoms with E-state index in [0.717, 1.165) is 18.4 Å². The van der Waals surface area contributed by atoms with Crippen LogP contribution in [0.1, 0.15) is 31.7 Å². The van der Waals surface area contributed by atoms with Gasteiger partial charge in [0.1, 0.15) is 12.1 Å². The maximum absolute atomic E-state index is 12.7. The normalized spacial score (nSPS) is 25.9. The van der Waals surface area contributed by atoms with Crippen molar-refractivity contribution in [3.8, 4) is 0 Å². The molecular weight excluding hydrogens is 379 g/mol. The van der Waals surface area contributed by atoms with Crippen LogP contribution in [0.2, 0.25) is 0 Å². The summed E-state index contributed by atoms with van der Waals surface area (Å²) in [5.41, 5.74) is 1.08. The number of halogens is 1. The Labute approximate surface area is 138 Å². The van der Waals surface area contributed by atoms with E-state index in [1.807, 2.05) is 31.2 Å². The summed E-state index contributed by atoms with van der Waals surface area (Å²) >= 11 is 2.26. The van der Waals surface area contributed by atoms with Gasteiger partial charge < -0.3 is 10.2 Å². The zero-order valence-electron chi connectivity index (χ0n) is 12.0. The quantitative estimate of drug-likeness (QED) is 0.792. The maximum Gasteiger partial charge on any atom is 0.246 e. The van der Waals surface area contributed by atoms with Crippen molar-refractivity contribution in [1.29, 1.82) is 0 Å². The monoisotopic (exact) mass is 398 g/mol. The molecule has 1 heterocycles. The van der Waals surface area contributed by atoms with Gasteiger partial charge in [0, 0.05) is 10.1 Å². The lowest BCUT2D eigenvalue weighted by molar-refractivity contribution is -0.150. The van der Waals surface area contributed by atoms with Crippen molar-refractivity contribution in [3.05, 3.63) is 33.4 Å². The number of piperazine rings is 1. The average molecular weight is 398 g/mol. The van der Waals surface area contributed by atoms with Crippen LogP contribution in [0.25, 0.3) is 0 Å². The zero-order valence-corrected chi connectivity index (χ0v) is 14.2. The second-order valence-corrected chi connectivity index (χ2v) is 7.09. The van der Waals surface area contributed by atoms with E-state index in [9.17, 15) is 9.59 Å². The molecule has 2 atom stereocenters. The highest BCUT2D eigenvalue weighted by molar-refractivity contribution is 14.1. The highest BCUT2D eigenvalue weighted by Crippen LogP contribution is 2.35. The SMILES string of the molecule is CCC1C(=O)NC(C2CC2)C(=O)N1Cc1ccc(I)cc1. The molecule has 1 saturated heterocycles. The zero-order chi connectivity index (χ0) is 15.0. The summed E-state index contributed by atoms with van der Waals surface area (Å²) in [6.45, 7) is 2.47. The van der Waals surface area contributed by atoms with Gasteiger partial charge in [-0.25, -0.2) is 0 Å². The lowest BCUT2D eigenvalue weighted by Gasteiger charge is -2.39. The Balaban J connectivity index is 1.82. The lowest BCUT2D eigenvalue weighted by atomic mass is 10.0. The van der Waals surface area contributed by atoms with Gasteiger partial charge >= 0.3 is 0 Å². The molecule has 0 aromatic heterocycles. The topological polar surface area (TPSA) is 49.4 Å². The van der Waals surface area contributed by atoms with E-state index in [0.29, 0.717) is 18.9 Å². The van der Waals surface area contributed by atoms with E-state index in [4.69, 9.17) is 0 Å². The first-order valence-electron chi connectivity index (χ1n) is 7.45. The van der Waals surface area contributed by atoms with E-state index in [1.54, 1.807) is 4.90 Å². The van der Waals surface area contributed by atoms with Crippen LogP contribution in [0.15, 0.2) is 24.3 Å². The van der Waals surface area contributed by atoms with E-state index in [1.165, 1.54) is 3.57 Å². The third-order valence-corrected chi connectivity index (χ3v) is 4.99. The molecule has 1 aromatic rings. The Kier molecular flexibility index (Phi) is 4.19. The predicted molar refractivity (Wildman–Crippen MR) is 88.4 cm³/mol. The van der Waals surface area contributed by atoms with Crippen molar-refractivity contribution < 1.29 is 9.59 Å². The molecular formula is C16H19IN2O2. The van der Waals surface area contributed by atoms with Crippen LogP contribution in [0, 0.1) is 9.49 Å². The largest absolute Gasteiger partial charge is 0.342 e. The fraction of sp³-hybridized carbons (Fsp3) is 0.500. The Morgan fingerprint density at radius 3 is 2.48 bits per heavy atom. The van der Waals surface area contributed by atoms with Gasteiger partial charge in [-0.05, 0) is 65.5 Å². The minimum atomic E-state index is -0.341. The average Bonchev–Trinajstić information content (AvgIpc) is 3.29. The van der Waals surface area contributed by atoms with Gasteiger partial charge in [-0.1, -0.05) is 19.1 Å². The number of amides is 2. The van der Waals surface area contributed by atoms with Crippen molar-refractivity contribution in [1.82, 2.24) is 10.2 Å². The number of hydrogen-bond acceptors (Lipinski definition) is 2. The molecule has 2 aliphatic rings. The Morgan fingerprint density at radius 1 is 1.24 bits per heavy atom. The summed E-state index contributed by atoms with van der Waals surface area (Å²) in [6, 6.07) is 7.48. The van der Waals surface area contributed by atoms with Crippen LogP contribution in [0.5, 0.6) is 0 Å². The summed E-state index contributed by atoms with van der Waals surface area (Å²) < 4.78 is 1.17. The Bertz CT molecular complexity index is 554. The molecule has 1 aliphatic carbocycles. The molecule has 2 amide bonds. The first kappa shape index (κ1) is 14.8. The van der Waals surface area contributed by atoms with Crippen LogP contribution >= 0.6 is 22.6 Å². The van der Waals surface area contributed by atoms with Gasteiger partial charge in [0.15, 0.2) is 0 Å². The molecule has 1 saturated carbocycles. The van der Waals surface area contributed by atoms with Crippen LogP contribution in [-0.4, -0.2) is 28.8 Å². The van der Waals surface area contributed by atoms with E-state index in [2.05, 4.69) is 27.9 Å². The summed E-state index contributed by atoms with van der Waals surface area (Å²) in [7, 11) is 0. The van der Waals surface area contributed by atoms with E-state index in [-0.39, 0.29) is 23.9 Å². The summed E-state index contributed by atoms with van der Waals surface area (Å²) in [4.78, 5) is 26.7. The molecule has 3 rings (SSSR count). The molecule has 4 nitrogen and oxygen atoms in total. The minimum absolute atomic E-state index is 0.000452. The molecule has 112 valence electrons. The maximum atomic E-state index is 12.7. The molecule has 0 bridgehead atoms. The van der Waals surface area contributed by atoms with E-state index >= 15 is 0 Å². The first-order chi connectivity index (χ1) is 10.1. The number of carbonyl (C=O) groups is 2. The highest BCUT2D eigenvalue weighted by Gasteiger charge is 2.46. The number of hydrogen-bond donors (Lipinski definition) is 1. The fourth-order valence-electron chi connectivity index (χ4n) is 2.91. The highest BCUT2D eigenvalue weighted by atomic mass is 127. The Hall–Kier alpha value is -1.11. The molecule has 1 aromatic carbocycles. The minimum Gasteiger partial charge on any atom is -0.342 e. The van der Waals surface area contributed by atoms with Crippen LogP contribution in [0.4, 0.5) is 0 Å². The summed E-state index contributed by atoms with van der Waals surface area (Å²) in [5.74, 6) is 0.431. The van der Waals surface area contributed by atoms with Crippen molar-refractivity contribution in [2.45, 2.75) is 44.8 Å². The van der Waals surface area contributed by atoms with E-state index < -0.39 is 0 Å². The third kappa shape index (κ3) is 3.07. The fourth-order valence-corrected chi connectivity index (χ4v) is 3.27. The van der Waals surface area contributed by atoms with Crippen molar-refractivity contribution >= 4 is 34.4 Å². The Morgan fingerprint density at radius 2 is 1.90 bits per heavy atom. The predicted octanol–water partition coefficient (Wildman–Crippen LogP) is 2.31. The number of nitrogens with one attached hydrogen (secondary N) is 1. The second-order valence-electron chi connectivity index (χ2n) is 5.84. The van der Waals surface area contributed by atoms with Gasteiger partial charge in [0.25, 0.3) is 0 Å². The number of nitrogens with zero attached hydrogens (tertiary/aromatic N) is 1. The summed E-state index contributed by atoms with van der Waals surface area (Å²) in [5, 5.41) is 2.92. The van der Waals surface area contributed by atoms with Gasteiger partial charge in [-0.2, -0.15) is 0 Å². The molecule has 21 heavy (non-hydrogen) atoms. The molecule has 1 aliphatic heterocycles. The standard InChI is InChI=1S/C16H19IN2O2/c1-2-13-15(20)18-14(11-5-6-11)16(21)19(13)9-10-3-7-12(17)8-4-10/h3-4,7-8,11,13-14H,2,5-6,9H2,1H3,(H,18,20). The van der Waals surface area contributed by atoms with Gasteiger partial charge in [-0.15, -0.1) is 0 Å². The number of benzene rings is 1.